The summed E-state index contributed by atoms with van der Waals surface area (Å²) in [6, 6.07) is 16.4. The molecule has 0 saturated carbocycles. The molecule has 2 N–H and O–H groups in total. The molecule has 0 radical (unpaired) electrons. The second-order valence-corrected chi connectivity index (χ2v) is 4.51. The molecule has 0 saturated heterocycles. The second-order valence-electron chi connectivity index (χ2n) is 4.51. The van der Waals surface area contributed by atoms with Gasteiger partial charge in [0, 0.05) is 0 Å². The lowest BCUT2D eigenvalue weighted by molar-refractivity contribution is -0.130. The van der Waals surface area contributed by atoms with E-state index in [0.717, 1.165) is 11.1 Å². The largest absolute Gasteiger partial charge is 0.478 e. The number of allylic oxidation sites excluding steroid dienone is 2. The van der Waals surface area contributed by atoms with Crippen molar-refractivity contribution in [2.24, 2.45) is 0 Å². The number of carboxylic acid groups (broad SMARTS) is 1. The molecular formula is C18H16O3. The van der Waals surface area contributed by atoms with Crippen LogP contribution >= 0.6 is 0 Å². The van der Waals surface area contributed by atoms with E-state index in [4.69, 9.17) is 5.11 Å². The highest BCUT2D eigenvalue weighted by molar-refractivity contribution is 6.15. The van der Waals surface area contributed by atoms with Crippen LogP contribution in [0.1, 0.15) is 16.7 Å². The van der Waals surface area contributed by atoms with Gasteiger partial charge in [0.2, 0.25) is 0 Å². The minimum Gasteiger partial charge on any atom is -0.478 e. The second kappa shape index (κ2) is 7.22. The molecule has 3 heteroatoms. The van der Waals surface area contributed by atoms with E-state index in [-0.39, 0.29) is 12.2 Å². The molecule has 0 aliphatic rings. The Hall–Kier alpha value is -2.65. The quantitative estimate of drug-likeness (QED) is 0.652. The van der Waals surface area contributed by atoms with Crippen LogP contribution in [-0.2, 0) is 11.4 Å². The number of aliphatic hydroxyl groups excluding tert-OH is 1. The van der Waals surface area contributed by atoms with Crippen molar-refractivity contribution in [2.75, 3.05) is 0 Å². The van der Waals surface area contributed by atoms with Gasteiger partial charge < -0.3 is 10.2 Å². The summed E-state index contributed by atoms with van der Waals surface area (Å²) in [6.45, 7) is -0.0120. The zero-order valence-corrected chi connectivity index (χ0v) is 11.4. The first-order valence-electron chi connectivity index (χ1n) is 6.57. The van der Waals surface area contributed by atoms with Crippen molar-refractivity contribution in [3.63, 3.8) is 0 Å². The molecule has 0 atom stereocenters. The van der Waals surface area contributed by atoms with E-state index in [1.54, 1.807) is 36.4 Å². The molecule has 0 aromatic heterocycles. The van der Waals surface area contributed by atoms with Crippen molar-refractivity contribution < 1.29 is 15.0 Å². The molecule has 2 aromatic rings. The van der Waals surface area contributed by atoms with E-state index in [2.05, 4.69) is 0 Å². The molecule has 0 unspecified atom stereocenters. The summed E-state index contributed by atoms with van der Waals surface area (Å²) in [5, 5.41) is 18.4. The van der Waals surface area contributed by atoms with Gasteiger partial charge in [-0.25, -0.2) is 4.79 Å². The Morgan fingerprint density at radius 2 is 1.81 bits per heavy atom. The standard InChI is InChI=1S/C18H16O3/c19-13-15-8-4-6-14(12-15)7-5-11-17(18(20)21)16-9-2-1-3-10-16/h1-12,19H,13H2,(H,20,21)/b7-5+,17-11-. The van der Waals surface area contributed by atoms with Gasteiger partial charge in [0.25, 0.3) is 0 Å². The zero-order chi connectivity index (χ0) is 15.1. The van der Waals surface area contributed by atoms with E-state index in [1.807, 2.05) is 36.4 Å². The highest BCUT2D eigenvalue weighted by atomic mass is 16.4. The van der Waals surface area contributed by atoms with Crippen LogP contribution in [0.3, 0.4) is 0 Å². The Bertz CT molecular complexity index is 670. The van der Waals surface area contributed by atoms with Gasteiger partial charge in [-0.15, -0.1) is 0 Å². The van der Waals surface area contributed by atoms with Gasteiger partial charge in [-0.2, -0.15) is 0 Å². The smallest absolute Gasteiger partial charge is 0.336 e. The molecule has 0 heterocycles. The van der Waals surface area contributed by atoms with Gasteiger partial charge in [-0.05, 0) is 28.8 Å². The van der Waals surface area contributed by atoms with Gasteiger partial charge in [0.1, 0.15) is 0 Å². The lowest BCUT2D eigenvalue weighted by Gasteiger charge is -2.01. The minimum absolute atomic E-state index is 0.0120. The molecule has 0 bridgehead atoms. The van der Waals surface area contributed by atoms with Crippen LogP contribution in [0.25, 0.3) is 11.6 Å². The number of aliphatic hydroxyl groups is 1. The maximum absolute atomic E-state index is 11.3. The number of carboxylic acids is 1. The fourth-order valence-electron chi connectivity index (χ4n) is 1.96. The van der Waals surface area contributed by atoms with Crippen LogP contribution in [0.15, 0.2) is 66.7 Å². The van der Waals surface area contributed by atoms with Gasteiger partial charge in [-0.1, -0.05) is 60.7 Å². The van der Waals surface area contributed by atoms with Crippen molar-refractivity contribution in [3.05, 3.63) is 83.4 Å². The summed E-state index contributed by atoms with van der Waals surface area (Å²) >= 11 is 0. The molecular weight excluding hydrogens is 264 g/mol. The van der Waals surface area contributed by atoms with Gasteiger partial charge >= 0.3 is 5.97 Å². The highest BCUT2D eigenvalue weighted by Gasteiger charge is 2.07. The van der Waals surface area contributed by atoms with Crippen LogP contribution < -0.4 is 0 Å². The van der Waals surface area contributed by atoms with E-state index >= 15 is 0 Å². The van der Waals surface area contributed by atoms with Crippen LogP contribution in [0.5, 0.6) is 0 Å². The Labute approximate surface area is 123 Å². The fraction of sp³-hybridized carbons (Fsp3) is 0.0556. The van der Waals surface area contributed by atoms with E-state index in [0.29, 0.717) is 5.56 Å². The average Bonchev–Trinajstić information content (AvgIpc) is 2.52. The summed E-state index contributed by atoms with van der Waals surface area (Å²) in [5.74, 6) is -0.963. The summed E-state index contributed by atoms with van der Waals surface area (Å²) < 4.78 is 0. The third-order valence-corrected chi connectivity index (χ3v) is 3.00. The molecule has 0 aliphatic carbocycles. The van der Waals surface area contributed by atoms with Crippen LogP contribution in [0, 0.1) is 0 Å². The average molecular weight is 280 g/mol. The number of rotatable bonds is 5. The Morgan fingerprint density at radius 3 is 2.48 bits per heavy atom. The first-order chi connectivity index (χ1) is 10.2. The van der Waals surface area contributed by atoms with Crippen LogP contribution in [0.2, 0.25) is 0 Å². The Morgan fingerprint density at radius 1 is 1.05 bits per heavy atom. The van der Waals surface area contributed by atoms with E-state index in [9.17, 15) is 9.90 Å². The first kappa shape index (κ1) is 14.8. The Balaban J connectivity index is 2.24. The molecule has 3 nitrogen and oxygen atoms in total. The van der Waals surface area contributed by atoms with Crippen molar-refractivity contribution in [1.29, 1.82) is 0 Å². The summed E-state index contributed by atoms with van der Waals surface area (Å²) in [6.07, 6.45) is 5.08. The Kier molecular flexibility index (Phi) is 5.07. The third-order valence-electron chi connectivity index (χ3n) is 3.00. The monoisotopic (exact) mass is 280 g/mol. The maximum Gasteiger partial charge on any atom is 0.336 e. The van der Waals surface area contributed by atoms with Gasteiger partial charge in [-0.3, -0.25) is 0 Å². The van der Waals surface area contributed by atoms with Gasteiger partial charge in [0.05, 0.1) is 12.2 Å². The third kappa shape index (κ3) is 4.16. The molecule has 0 amide bonds. The molecule has 2 aromatic carbocycles. The van der Waals surface area contributed by atoms with E-state index in [1.165, 1.54) is 0 Å². The molecule has 21 heavy (non-hydrogen) atoms. The van der Waals surface area contributed by atoms with Crippen LogP contribution in [0.4, 0.5) is 0 Å². The van der Waals surface area contributed by atoms with E-state index < -0.39 is 5.97 Å². The number of benzene rings is 2. The lowest BCUT2D eigenvalue weighted by Crippen LogP contribution is -1.98. The predicted octanol–water partition coefficient (Wildman–Crippen LogP) is 3.36. The summed E-state index contributed by atoms with van der Waals surface area (Å²) in [4.78, 5) is 11.3. The first-order valence-corrected chi connectivity index (χ1v) is 6.57. The minimum atomic E-state index is -0.963. The maximum atomic E-state index is 11.3. The molecule has 0 fully saturated rings. The number of hydrogen-bond donors (Lipinski definition) is 2. The topological polar surface area (TPSA) is 57.5 Å². The predicted molar refractivity (Wildman–Crippen MR) is 83.5 cm³/mol. The molecule has 2 rings (SSSR count). The molecule has 0 spiro atoms. The van der Waals surface area contributed by atoms with Crippen molar-refractivity contribution in [2.45, 2.75) is 6.61 Å². The number of carbonyl (C=O) groups is 1. The van der Waals surface area contributed by atoms with Gasteiger partial charge in [0.15, 0.2) is 0 Å². The summed E-state index contributed by atoms with van der Waals surface area (Å²) in [7, 11) is 0. The van der Waals surface area contributed by atoms with Crippen molar-refractivity contribution >= 4 is 17.6 Å². The van der Waals surface area contributed by atoms with Crippen molar-refractivity contribution in [1.82, 2.24) is 0 Å². The van der Waals surface area contributed by atoms with Crippen LogP contribution in [-0.4, -0.2) is 16.2 Å². The SMILES string of the molecule is O=C(O)/C(=C\C=C\c1cccc(CO)c1)c1ccccc1. The number of aliphatic carboxylic acids is 1. The number of hydrogen-bond acceptors (Lipinski definition) is 2. The fourth-order valence-corrected chi connectivity index (χ4v) is 1.96. The summed E-state index contributed by atoms with van der Waals surface area (Å²) in [5.41, 5.74) is 2.64. The normalized spacial score (nSPS) is 11.8. The molecule has 106 valence electrons. The highest BCUT2D eigenvalue weighted by Crippen LogP contribution is 2.15. The lowest BCUT2D eigenvalue weighted by atomic mass is 10.1. The molecule has 0 aliphatic heterocycles. The zero-order valence-electron chi connectivity index (χ0n) is 11.4. The van der Waals surface area contributed by atoms with Crippen molar-refractivity contribution in [3.8, 4) is 0 Å².